The van der Waals surface area contributed by atoms with Gasteiger partial charge in [-0.3, -0.25) is 4.18 Å². The topological polar surface area (TPSA) is 103 Å². The Morgan fingerprint density at radius 1 is 0.778 bits per heavy atom. The Kier molecular flexibility index (Phi) is 11.6. The van der Waals surface area contributed by atoms with Gasteiger partial charge in [0.2, 0.25) is 10.4 Å². The van der Waals surface area contributed by atoms with E-state index in [0.29, 0.717) is 39.6 Å². The van der Waals surface area contributed by atoms with Gasteiger partial charge in [-0.2, -0.15) is 0 Å². The Balaban J connectivity index is 3.03. The molecule has 0 saturated heterocycles. The lowest BCUT2D eigenvalue weighted by atomic mass is 10.7. The molecule has 0 saturated carbocycles. The van der Waals surface area contributed by atoms with Gasteiger partial charge in [-0.05, 0) is 0 Å². The summed E-state index contributed by atoms with van der Waals surface area (Å²) < 4.78 is 54.1. The van der Waals surface area contributed by atoms with Gasteiger partial charge in [-0.25, -0.2) is 8.42 Å². The fourth-order valence-corrected chi connectivity index (χ4v) is 1.15. The molecule has 0 aliphatic carbocycles. The van der Waals surface area contributed by atoms with E-state index < -0.39 is 10.4 Å². The van der Waals surface area contributed by atoms with Crippen molar-refractivity contribution in [3.63, 3.8) is 0 Å². The molecular formula is C9H19O8S-. The van der Waals surface area contributed by atoms with Crippen molar-refractivity contribution in [1.82, 2.24) is 0 Å². The van der Waals surface area contributed by atoms with Crippen LogP contribution in [-0.2, 0) is 33.5 Å². The van der Waals surface area contributed by atoms with Crippen LogP contribution in [0.4, 0.5) is 0 Å². The van der Waals surface area contributed by atoms with Crippen molar-refractivity contribution in [3.8, 4) is 0 Å². The minimum Gasteiger partial charge on any atom is -0.726 e. The summed E-state index contributed by atoms with van der Waals surface area (Å²) in [5.41, 5.74) is 0. The Bertz CT molecular complexity index is 266. The minimum atomic E-state index is -4.62. The van der Waals surface area contributed by atoms with Gasteiger partial charge < -0.3 is 23.5 Å². The van der Waals surface area contributed by atoms with Crippen molar-refractivity contribution < 1.29 is 36.1 Å². The van der Waals surface area contributed by atoms with E-state index in [4.69, 9.17) is 18.9 Å². The minimum absolute atomic E-state index is 0.0230. The van der Waals surface area contributed by atoms with Crippen molar-refractivity contribution in [2.45, 2.75) is 0 Å². The van der Waals surface area contributed by atoms with Crippen LogP contribution >= 0.6 is 0 Å². The summed E-state index contributed by atoms with van der Waals surface area (Å²) in [7, 11) is -3.03. The van der Waals surface area contributed by atoms with Crippen LogP contribution in [0.2, 0.25) is 0 Å². The first kappa shape index (κ1) is 17.7. The van der Waals surface area contributed by atoms with Gasteiger partial charge in [0, 0.05) is 7.11 Å². The van der Waals surface area contributed by atoms with Gasteiger partial charge in [-0.1, -0.05) is 0 Å². The van der Waals surface area contributed by atoms with Crippen molar-refractivity contribution in [2.75, 3.05) is 60.0 Å². The fraction of sp³-hybridized carbons (Fsp3) is 1.00. The molecule has 0 unspecified atom stereocenters. The van der Waals surface area contributed by atoms with E-state index in [1.54, 1.807) is 7.11 Å². The third kappa shape index (κ3) is 15.7. The largest absolute Gasteiger partial charge is 0.726 e. The molecule has 0 atom stereocenters. The van der Waals surface area contributed by atoms with E-state index in [0.717, 1.165) is 0 Å². The number of ether oxygens (including phenoxy) is 4. The Morgan fingerprint density at radius 2 is 1.17 bits per heavy atom. The molecule has 0 bridgehead atoms. The number of methoxy groups -OCH3 is 1. The van der Waals surface area contributed by atoms with Gasteiger partial charge in [0.25, 0.3) is 0 Å². The van der Waals surface area contributed by atoms with Crippen LogP contribution in [0.15, 0.2) is 0 Å². The second kappa shape index (κ2) is 11.8. The summed E-state index contributed by atoms with van der Waals surface area (Å²) in [6, 6.07) is 0. The monoisotopic (exact) mass is 287 g/mol. The molecule has 0 amide bonds. The molecule has 9 heteroatoms. The highest BCUT2D eigenvalue weighted by Gasteiger charge is 1.95. The molecule has 0 aliphatic heterocycles. The predicted octanol–water partition coefficient (Wildman–Crippen LogP) is -0.841. The van der Waals surface area contributed by atoms with Crippen LogP contribution in [0.25, 0.3) is 0 Å². The van der Waals surface area contributed by atoms with E-state index in [2.05, 4.69) is 4.18 Å². The van der Waals surface area contributed by atoms with Gasteiger partial charge in [0.05, 0.1) is 52.9 Å². The zero-order valence-electron chi connectivity index (χ0n) is 10.3. The maximum Gasteiger partial charge on any atom is 0.217 e. The van der Waals surface area contributed by atoms with E-state index in [9.17, 15) is 13.0 Å². The Morgan fingerprint density at radius 3 is 1.56 bits per heavy atom. The molecule has 0 rings (SSSR count). The van der Waals surface area contributed by atoms with Crippen molar-refractivity contribution >= 4 is 10.4 Å². The number of rotatable bonds is 13. The number of hydrogen-bond acceptors (Lipinski definition) is 8. The first-order valence-corrected chi connectivity index (χ1v) is 6.72. The van der Waals surface area contributed by atoms with Gasteiger partial charge in [0.1, 0.15) is 0 Å². The summed E-state index contributed by atoms with van der Waals surface area (Å²) in [5, 5.41) is 0. The van der Waals surface area contributed by atoms with E-state index in [1.165, 1.54) is 0 Å². The lowest BCUT2D eigenvalue weighted by Crippen LogP contribution is -2.14. The van der Waals surface area contributed by atoms with Crippen LogP contribution < -0.4 is 0 Å². The highest BCUT2D eigenvalue weighted by molar-refractivity contribution is 7.80. The van der Waals surface area contributed by atoms with Gasteiger partial charge in [-0.15, -0.1) is 0 Å². The fourth-order valence-electron chi connectivity index (χ4n) is 0.879. The molecule has 0 aromatic heterocycles. The highest BCUT2D eigenvalue weighted by Crippen LogP contribution is 1.86. The van der Waals surface area contributed by atoms with Crippen LogP contribution in [0.1, 0.15) is 0 Å². The van der Waals surface area contributed by atoms with Gasteiger partial charge >= 0.3 is 0 Å². The first-order valence-electron chi connectivity index (χ1n) is 5.38. The first-order chi connectivity index (χ1) is 8.56. The second-order valence-electron chi connectivity index (χ2n) is 3.06. The summed E-state index contributed by atoms with van der Waals surface area (Å²) in [6.45, 7) is 2.38. The molecule has 0 spiro atoms. The molecule has 0 N–H and O–H groups in total. The molecule has 18 heavy (non-hydrogen) atoms. The van der Waals surface area contributed by atoms with Crippen molar-refractivity contribution in [1.29, 1.82) is 0 Å². The summed E-state index contributed by atoms with van der Waals surface area (Å²) in [4.78, 5) is 0. The Labute approximate surface area is 107 Å². The molecule has 110 valence electrons. The smallest absolute Gasteiger partial charge is 0.217 e. The SMILES string of the molecule is COCCOCCOCCOCCOS(=O)(=O)[O-]. The predicted molar refractivity (Wildman–Crippen MR) is 60.0 cm³/mol. The van der Waals surface area contributed by atoms with Crippen molar-refractivity contribution in [3.05, 3.63) is 0 Å². The molecule has 0 aromatic carbocycles. The molecule has 0 aromatic rings. The molecule has 0 radical (unpaired) electrons. The zero-order valence-corrected chi connectivity index (χ0v) is 11.1. The maximum atomic E-state index is 10.0. The van der Waals surface area contributed by atoms with Crippen molar-refractivity contribution in [2.24, 2.45) is 0 Å². The quantitative estimate of drug-likeness (QED) is 0.245. The zero-order chi connectivity index (χ0) is 13.7. The normalized spacial score (nSPS) is 11.9. The molecule has 0 aliphatic rings. The van der Waals surface area contributed by atoms with Gasteiger partial charge in [0.15, 0.2) is 0 Å². The Hall–Kier alpha value is -0.290. The highest BCUT2D eigenvalue weighted by atomic mass is 32.3. The average molecular weight is 287 g/mol. The van der Waals surface area contributed by atoms with Crippen LogP contribution in [0.3, 0.4) is 0 Å². The third-order valence-corrected chi connectivity index (χ3v) is 2.09. The lowest BCUT2D eigenvalue weighted by Gasteiger charge is -2.08. The average Bonchev–Trinajstić information content (AvgIpc) is 2.29. The molecular weight excluding hydrogens is 268 g/mol. The van der Waals surface area contributed by atoms with E-state index >= 15 is 0 Å². The standard InChI is InChI=1S/C9H20O8S/c1-13-2-3-14-4-5-15-6-7-16-8-9-17-18(10,11)12/h2-9H2,1H3,(H,10,11,12)/p-1. The van der Waals surface area contributed by atoms with Crippen LogP contribution in [0.5, 0.6) is 0 Å². The molecule has 8 nitrogen and oxygen atoms in total. The maximum absolute atomic E-state index is 10.0. The number of hydrogen-bond donors (Lipinski definition) is 0. The molecule has 0 heterocycles. The second-order valence-corrected chi connectivity index (χ2v) is 4.11. The summed E-state index contributed by atoms with van der Waals surface area (Å²) in [6.07, 6.45) is 0. The van der Waals surface area contributed by atoms with E-state index in [1.807, 2.05) is 0 Å². The third-order valence-electron chi connectivity index (χ3n) is 1.63. The van der Waals surface area contributed by atoms with Crippen LogP contribution in [-0.4, -0.2) is 72.9 Å². The summed E-state index contributed by atoms with van der Waals surface area (Å²) >= 11 is 0. The van der Waals surface area contributed by atoms with E-state index in [-0.39, 0.29) is 13.2 Å². The lowest BCUT2D eigenvalue weighted by molar-refractivity contribution is -0.0000351. The summed E-state index contributed by atoms with van der Waals surface area (Å²) in [5.74, 6) is 0. The molecule has 0 fully saturated rings. The van der Waals surface area contributed by atoms with Crippen LogP contribution in [0, 0.1) is 0 Å².